The van der Waals surface area contributed by atoms with Crippen LogP contribution in [0.25, 0.3) is 16.6 Å². The minimum atomic E-state index is -0.329. The van der Waals surface area contributed by atoms with Gasteiger partial charge in [0.1, 0.15) is 11.8 Å². The SMILES string of the molecule is Cc1nc2ccc3c(c2nc1C)/C(=C/C1N=CC=C1OCCCN)C(=O)N3. The Bertz CT molecular complexity index is 1020. The molecule has 3 heterocycles. The summed E-state index contributed by atoms with van der Waals surface area (Å²) in [5.74, 6) is 0.552. The van der Waals surface area contributed by atoms with E-state index < -0.39 is 0 Å². The summed E-state index contributed by atoms with van der Waals surface area (Å²) in [4.78, 5) is 26.3. The average molecular weight is 363 g/mol. The highest BCUT2D eigenvalue weighted by Gasteiger charge is 2.29. The lowest BCUT2D eigenvalue weighted by Gasteiger charge is -2.12. The number of nitrogens with one attached hydrogen (secondary N) is 1. The molecule has 7 nitrogen and oxygen atoms in total. The topological polar surface area (TPSA) is 102 Å². The standard InChI is InChI=1S/C20H21N5O2/c1-11-12(2)24-19-15(23-11)5-4-14-18(19)13(20(26)25-14)10-16-17(6-8-22-16)27-9-3-7-21/h4-6,8,10,16H,3,7,9,21H2,1-2H3,(H,25,26)/b13-10-. The number of nitrogens with zero attached hydrogens (tertiary/aromatic N) is 3. The Hall–Kier alpha value is -3.06. The van der Waals surface area contributed by atoms with E-state index in [2.05, 4.69) is 15.3 Å². The molecule has 1 aromatic heterocycles. The number of carbonyl (C=O) groups is 1. The van der Waals surface area contributed by atoms with E-state index in [-0.39, 0.29) is 11.9 Å². The Balaban J connectivity index is 1.75. The first-order valence-corrected chi connectivity index (χ1v) is 8.96. The van der Waals surface area contributed by atoms with Crippen LogP contribution in [0.1, 0.15) is 23.4 Å². The molecule has 1 aromatic carbocycles. The largest absolute Gasteiger partial charge is 0.495 e. The second-order valence-corrected chi connectivity index (χ2v) is 6.59. The van der Waals surface area contributed by atoms with Gasteiger partial charge in [-0.2, -0.15) is 0 Å². The zero-order chi connectivity index (χ0) is 19.0. The molecule has 0 fully saturated rings. The quantitative estimate of drug-likeness (QED) is 0.627. The molecule has 2 aromatic rings. The van der Waals surface area contributed by atoms with E-state index in [1.807, 2.05) is 38.1 Å². The summed E-state index contributed by atoms with van der Waals surface area (Å²) >= 11 is 0. The van der Waals surface area contributed by atoms with Crippen LogP contribution in [0.5, 0.6) is 0 Å². The molecule has 1 atom stereocenters. The summed E-state index contributed by atoms with van der Waals surface area (Å²) < 4.78 is 5.76. The molecule has 2 aliphatic heterocycles. The predicted molar refractivity (Wildman–Crippen MR) is 106 cm³/mol. The molecular formula is C20H21N5O2. The van der Waals surface area contributed by atoms with Crippen LogP contribution >= 0.6 is 0 Å². The van der Waals surface area contributed by atoms with E-state index in [1.165, 1.54) is 0 Å². The normalized spacial score (nSPS) is 19.5. The number of fused-ring (bicyclic) bond motifs is 3. The molecule has 0 bridgehead atoms. The van der Waals surface area contributed by atoms with Crippen LogP contribution in [0, 0.1) is 13.8 Å². The van der Waals surface area contributed by atoms with E-state index in [0.29, 0.717) is 18.7 Å². The van der Waals surface area contributed by atoms with Gasteiger partial charge in [-0.1, -0.05) is 0 Å². The molecule has 0 saturated carbocycles. The minimum Gasteiger partial charge on any atom is -0.495 e. The number of aryl methyl sites for hydroxylation is 2. The van der Waals surface area contributed by atoms with Crippen LogP contribution < -0.4 is 11.1 Å². The Labute approximate surface area is 157 Å². The van der Waals surface area contributed by atoms with Crippen molar-refractivity contribution in [3.8, 4) is 0 Å². The van der Waals surface area contributed by atoms with E-state index in [1.54, 1.807) is 6.21 Å². The number of hydrogen-bond donors (Lipinski definition) is 2. The lowest BCUT2D eigenvalue weighted by molar-refractivity contribution is -0.110. The molecule has 3 N–H and O–H groups in total. The number of rotatable bonds is 5. The second-order valence-electron chi connectivity index (χ2n) is 6.59. The van der Waals surface area contributed by atoms with Gasteiger partial charge in [0.05, 0.1) is 34.7 Å². The Morgan fingerprint density at radius 2 is 2.07 bits per heavy atom. The molecule has 0 radical (unpaired) electrons. The van der Waals surface area contributed by atoms with Crippen molar-refractivity contribution in [1.29, 1.82) is 0 Å². The first kappa shape index (κ1) is 17.4. The monoisotopic (exact) mass is 363 g/mol. The maximum Gasteiger partial charge on any atom is 0.256 e. The Morgan fingerprint density at radius 3 is 2.89 bits per heavy atom. The summed E-state index contributed by atoms with van der Waals surface area (Å²) in [6.07, 6.45) is 6.12. The summed E-state index contributed by atoms with van der Waals surface area (Å²) in [6.45, 7) is 4.94. The lowest BCUT2D eigenvalue weighted by atomic mass is 10.0. The van der Waals surface area contributed by atoms with Crippen molar-refractivity contribution >= 4 is 34.4 Å². The van der Waals surface area contributed by atoms with Crippen LogP contribution in [0.15, 0.2) is 35.0 Å². The fourth-order valence-electron chi connectivity index (χ4n) is 3.20. The van der Waals surface area contributed by atoms with Crippen molar-refractivity contribution in [2.75, 3.05) is 18.5 Å². The highest BCUT2D eigenvalue weighted by Crippen LogP contribution is 2.37. The van der Waals surface area contributed by atoms with Crippen LogP contribution in [0.4, 0.5) is 5.69 Å². The van der Waals surface area contributed by atoms with Gasteiger partial charge in [0.25, 0.3) is 5.91 Å². The van der Waals surface area contributed by atoms with Crippen molar-refractivity contribution < 1.29 is 9.53 Å². The maximum atomic E-state index is 12.6. The number of nitrogens with two attached hydrogens (primary N) is 1. The number of amides is 1. The van der Waals surface area contributed by atoms with Crippen LogP contribution in [0.3, 0.4) is 0 Å². The third-order valence-corrected chi connectivity index (χ3v) is 4.73. The molecule has 7 heteroatoms. The third-order valence-electron chi connectivity index (χ3n) is 4.73. The molecule has 27 heavy (non-hydrogen) atoms. The van der Waals surface area contributed by atoms with Gasteiger partial charge >= 0.3 is 0 Å². The number of hydrogen-bond acceptors (Lipinski definition) is 6. The first-order chi connectivity index (χ1) is 13.1. The molecule has 0 aliphatic carbocycles. The molecule has 1 unspecified atom stereocenters. The van der Waals surface area contributed by atoms with Crippen molar-refractivity contribution in [1.82, 2.24) is 9.97 Å². The minimum absolute atomic E-state index is 0.166. The summed E-state index contributed by atoms with van der Waals surface area (Å²) in [6, 6.07) is 3.42. The highest BCUT2D eigenvalue weighted by atomic mass is 16.5. The number of benzene rings is 1. The van der Waals surface area contributed by atoms with Crippen molar-refractivity contribution in [3.63, 3.8) is 0 Å². The Kier molecular flexibility index (Phi) is 4.45. The van der Waals surface area contributed by atoms with E-state index >= 15 is 0 Å². The zero-order valence-electron chi connectivity index (χ0n) is 15.3. The van der Waals surface area contributed by atoms with Crippen molar-refractivity contribution in [2.24, 2.45) is 10.7 Å². The van der Waals surface area contributed by atoms with Gasteiger partial charge in [-0.05, 0) is 51.1 Å². The Morgan fingerprint density at radius 1 is 1.26 bits per heavy atom. The maximum absolute atomic E-state index is 12.6. The smallest absolute Gasteiger partial charge is 0.256 e. The molecular weight excluding hydrogens is 342 g/mol. The molecule has 2 aliphatic rings. The number of anilines is 1. The number of aromatic nitrogens is 2. The fourth-order valence-corrected chi connectivity index (χ4v) is 3.20. The van der Waals surface area contributed by atoms with Crippen molar-refractivity contribution in [2.45, 2.75) is 26.3 Å². The third kappa shape index (κ3) is 3.10. The van der Waals surface area contributed by atoms with E-state index in [9.17, 15) is 4.79 Å². The number of allylic oxidation sites excluding steroid dienone is 1. The van der Waals surface area contributed by atoms with E-state index in [0.717, 1.165) is 45.9 Å². The van der Waals surface area contributed by atoms with E-state index in [4.69, 9.17) is 15.5 Å². The molecule has 0 spiro atoms. The van der Waals surface area contributed by atoms with Gasteiger partial charge in [-0.25, -0.2) is 9.97 Å². The predicted octanol–water partition coefficient (Wildman–Crippen LogP) is 2.28. The molecule has 0 saturated heterocycles. The summed E-state index contributed by atoms with van der Waals surface area (Å²) in [7, 11) is 0. The summed E-state index contributed by atoms with van der Waals surface area (Å²) in [5.41, 5.74) is 10.8. The van der Waals surface area contributed by atoms with Gasteiger partial charge < -0.3 is 15.8 Å². The van der Waals surface area contributed by atoms with Crippen LogP contribution in [0.2, 0.25) is 0 Å². The lowest BCUT2D eigenvalue weighted by Crippen LogP contribution is -2.11. The fraction of sp³-hybridized carbons (Fsp3) is 0.300. The van der Waals surface area contributed by atoms with Crippen molar-refractivity contribution in [3.05, 3.63) is 47.0 Å². The molecule has 1 amide bonds. The van der Waals surface area contributed by atoms with Crippen LogP contribution in [-0.4, -0.2) is 41.3 Å². The van der Waals surface area contributed by atoms with Gasteiger partial charge in [0, 0.05) is 17.4 Å². The highest BCUT2D eigenvalue weighted by molar-refractivity contribution is 6.34. The summed E-state index contributed by atoms with van der Waals surface area (Å²) in [5, 5.41) is 2.91. The van der Waals surface area contributed by atoms with Crippen LogP contribution in [-0.2, 0) is 9.53 Å². The molecule has 4 rings (SSSR count). The van der Waals surface area contributed by atoms with Gasteiger partial charge in [0.15, 0.2) is 0 Å². The zero-order valence-corrected chi connectivity index (χ0v) is 15.3. The average Bonchev–Trinajstić information content (AvgIpc) is 3.21. The van der Waals surface area contributed by atoms with Gasteiger partial charge in [0.2, 0.25) is 0 Å². The number of carbonyl (C=O) groups excluding carboxylic acids is 1. The van der Waals surface area contributed by atoms with Gasteiger partial charge in [-0.3, -0.25) is 9.79 Å². The number of aliphatic imine (C=N–C) groups is 1. The second kappa shape index (κ2) is 6.92. The van der Waals surface area contributed by atoms with Gasteiger partial charge in [-0.15, -0.1) is 0 Å². The first-order valence-electron chi connectivity index (χ1n) is 8.96. The molecule has 138 valence electrons. The number of ether oxygens (including phenoxy) is 1.